The van der Waals surface area contributed by atoms with Crippen LogP contribution in [0.2, 0.25) is 0 Å². The maximum Gasteiger partial charge on any atom is 0.137 e. The summed E-state index contributed by atoms with van der Waals surface area (Å²) in [5, 5.41) is 3.65. The van der Waals surface area contributed by atoms with Gasteiger partial charge in [-0.3, -0.25) is 4.90 Å². The van der Waals surface area contributed by atoms with Gasteiger partial charge in [0, 0.05) is 31.7 Å². The van der Waals surface area contributed by atoms with E-state index >= 15 is 0 Å². The molecular weight excluding hydrogens is 307 g/mol. The quantitative estimate of drug-likeness (QED) is 0.917. The van der Waals surface area contributed by atoms with Gasteiger partial charge < -0.3 is 5.32 Å². The van der Waals surface area contributed by atoms with Gasteiger partial charge in [-0.2, -0.15) is 0 Å². The van der Waals surface area contributed by atoms with E-state index in [1.54, 1.807) is 6.07 Å². The van der Waals surface area contributed by atoms with Gasteiger partial charge in [0.05, 0.1) is 4.47 Å². The molecule has 2 unspecified atom stereocenters. The van der Waals surface area contributed by atoms with Crippen LogP contribution in [0.3, 0.4) is 0 Å². The Morgan fingerprint density at radius 1 is 1.42 bits per heavy atom. The Morgan fingerprint density at radius 2 is 2.21 bits per heavy atom. The highest BCUT2D eigenvalue weighted by molar-refractivity contribution is 9.10. The summed E-state index contributed by atoms with van der Waals surface area (Å²) in [6.45, 7) is 5.18. The summed E-state index contributed by atoms with van der Waals surface area (Å²) in [5.41, 5.74) is 1.04. The van der Waals surface area contributed by atoms with Crippen LogP contribution < -0.4 is 5.32 Å². The van der Waals surface area contributed by atoms with E-state index in [2.05, 4.69) is 33.1 Å². The normalized spacial score (nSPS) is 28.6. The number of nitrogens with one attached hydrogen (secondary N) is 1. The molecule has 1 saturated heterocycles. The molecule has 1 heterocycles. The number of nitrogens with zero attached hydrogens (tertiary/aromatic N) is 1. The Morgan fingerprint density at radius 3 is 2.95 bits per heavy atom. The molecule has 1 N–H and O–H groups in total. The average Bonchev–Trinajstić information content (AvgIpc) is 3.22. The minimum atomic E-state index is -0.168. The summed E-state index contributed by atoms with van der Waals surface area (Å²) in [4.78, 5) is 2.47. The van der Waals surface area contributed by atoms with Gasteiger partial charge >= 0.3 is 0 Å². The molecule has 3 rings (SSSR count). The van der Waals surface area contributed by atoms with Gasteiger partial charge in [-0.1, -0.05) is 12.1 Å². The minimum absolute atomic E-state index is 0.168. The van der Waals surface area contributed by atoms with Crippen LogP contribution in [0.15, 0.2) is 22.7 Å². The maximum atomic E-state index is 13.6. The zero-order chi connectivity index (χ0) is 13.4. The van der Waals surface area contributed by atoms with Gasteiger partial charge in [-0.25, -0.2) is 4.39 Å². The first kappa shape index (κ1) is 13.5. The molecule has 1 aromatic rings. The fraction of sp³-hybridized carbons (Fsp3) is 0.600. The fourth-order valence-corrected chi connectivity index (χ4v) is 3.26. The summed E-state index contributed by atoms with van der Waals surface area (Å²) >= 11 is 3.37. The summed E-state index contributed by atoms with van der Waals surface area (Å²) in [6.07, 6.45) is 2.73. The van der Waals surface area contributed by atoms with Crippen molar-refractivity contribution in [2.24, 2.45) is 5.92 Å². The highest BCUT2D eigenvalue weighted by atomic mass is 79.9. The third kappa shape index (κ3) is 3.01. The van der Waals surface area contributed by atoms with Crippen molar-refractivity contribution in [1.82, 2.24) is 10.2 Å². The third-order valence-corrected chi connectivity index (χ3v) is 5.21. The fourth-order valence-electron chi connectivity index (χ4n) is 2.87. The zero-order valence-electron chi connectivity index (χ0n) is 11.2. The van der Waals surface area contributed by atoms with Crippen molar-refractivity contribution in [2.75, 3.05) is 13.1 Å². The van der Waals surface area contributed by atoms with E-state index in [1.165, 1.54) is 18.9 Å². The SMILES string of the molecule is CC1CNC(C2CC2)CN1Cc1cccc(F)c1Br. The molecule has 0 radical (unpaired) electrons. The van der Waals surface area contributed by atoms with Crippen molar-refractivity contribution in [3.8, 4) is 0 Å². The molecule has 4 heteroatoms. The van der Waals surface area contributed by atoms with Gasteiger partial charge in [0.1, 0.15) is 5.82 Å². The van der Waals surface area contributed by atoms with Crippen LogP contribution in [0.25, 0.3) is 0 Å². The highest BCUT2D eigenvalue weighted by Crippen LogP contribution is 2.34. The van der Waals surface area contributed by atoms with Crippen LogP contribution in [-0.2, 0) is 6.54 Å². The van der Waals surface area contributed by atoms with Gasteiger partial charge in [0.2, 0.25) is 0 Å². The monoisotopic (exact) mass is 326 g/mol. The molecule has 19 heavy (non-hydrogen) atoms. The Bertz CT molecular complexity index is 461. The summed E-state index contributed by atoms with van der Waals surface area (Å²) in [6, 6.07) is 6.44. The summed E-state index contributed by atoms with van der Waals surface area (Å²) in [5.74, 6) is 0.699. The lowest BCUT2D eigenvalue weighted by molar-refractivity contribution is 0.125. The van der Waals surface area contributed by atoms with E-state index in [4.69, 9.17) is 0 Å². The van der Waals surface area contributed by atoms with Crippen molar-refractivity contribution in [1.29, 1.82) is 0 Å². The van der Waals surface area contributed by atoms with E-state index in [-0.39, 0.29) is 5.82 Å². The van der Waals surface area contributed by atoms with Gasteiger partial charge in [0.25, 0.3) is 0 Å². The molecule has 104 valence electrons. The molecule has 1 aliphatic heterocycles. The van der Waals surface area contributed by atoms with Crippen molar-refractivity contribution in [2.45, 2.75) is 38.4 Å². The second kappa shape index (κ2) is 5.51. The van der Waals surface area contributed by atoms with E-state index in [0.717, 1.165) is 31.1 Å². The van der Waals surface area contributed by atoms with Crippen molar-refractivity contribution in [3.05, 3.63) is 34.1 Å². The minimum Gasteiger partial charge on any atom is -0.311 e. The Hall–Kier alpha value is -0.450. The smallest absolute Gasteiger partial charge is 0.137 e. The van der Waals surface area contributed by atoms with Gasteiger partial charge in [-0.05, 0) is 53.2 Å². The lowest BCUT2D eigenvalue weighted by atomic mass is 10.0. The van der Waals surface area contributed by atoms with Crippen molar-refractivity contribution < 1.29 is 4.39 Å². The molecule has 1 aromatic carbocycles. The first-order valence-electron chi connectivity index (χ1n) is 7.05. The number of hydrogen-bond donors (Lipinski definition) is 1. The van der Waals surface area contributed by atoms with Crippen LogP contribution in [0.4, 0.5) is 4.39 Å². The molecule has 1 aliphatic carbocycles. The molecular formula is C15H20BrFN2. The van der Waals surface area contributed by atoms with Crippen LogP contribution in [-0.4, -0.2) is 30.1 Å². The van der Waals surface area contributed by atoms with Crippen molar-refractivity contribution >= 4 is 15.9 Å². The van der Waals surface area contributed by atoms with E-state index in [0.29, 0.717) is 16.6 Å². The molecule has 2 fully saturated rings. The molecule has 2 nitrogen and oxygen atoms in total. The largest absolute Gasteiger partial charge is 0.311 e. The molecule has 0 aromatic heterocycles. The number of hydrogen-bond acceptors (Lipinski definition) is 2. The van der Waals surface area contributed by atoms with Gasteiger partial charge in [-0.15, -0.1) is 0 Å². The molecule has 0 spiro atoms. The Labute approximate surface area is 122 Å². The lowest BCUT2D eigenvalue weighted by Gasteiger charge is -2.39. The third-order valence-electron chi connectivity index (χ3n) is 4.33. The van der Waals surface area contributed by atoms with Crippen LogP contribution in [0.5, 0.6) is 0 Å². The maximum absolute atomic E-state index is 13.6. The highest BCUT2D eigenvalue weighted by Gasteiger charge is 2.36. The van der Waals surface area contributed by atoms with Crippen LogP contribution in [0.1, 0.15) is 25.3 Å². The summed E-state index contributed by atoms with van der Waals surface area (Å²) in [7, 11) is 0. The van der Waals surface area contributed by atoms with E-state index in [9.17, 15) is 4.39 Å². The van der Waals surface area contributed by atoms with Crippen LogP contribution in [0, 0.1) is 11.7 Å². The van der Waals surface area contributed by atoms with Crippen LogP contribution >= 0.6 is 15.9 Å². The Kier molecular flexibility index (Phi) is 3.92. The average molecular weight is 327 g/mol. The lowest BCUT2D eigenvalue weighted by Crippen LogP contribution is -2.55. The van der Waals surface area contributed by atoms with Crippen molar-refractivity contribution in [3.63, 3.8) is 0 Å². The number of halogens is 2. The predicted molar refractivity (Wildman–Crippen MR) is 78.5 cm³/mol. The molecule has 2 atom stereocenters. The standard InChI is InChI=1S/C15H20BrFN2/c1-10-7-18-14(11-5-6-11)9-19(10)8-12-3-2-4-13(17)15(12)16/h2-4,10-11,14,18H,5-9H2,1H3. The second-order valence-corrected chi connectivity index (χ2v) is 6.64. The number of benzene rings is 1. The Balaban J connectivity index is 1.71. The van der Waals surface area contributed by atoms with E-state index in [1.807, 2.05) is 6.07 Å². The second-order valence-electron chi connectivity index (χ2n) is 5.84. The molecule has 0 bridgehead atoms. The molecule has 1 saturated carbocycles. The first-order chi connectivity index (χ1) is 9.15. The predicted octanol–water partition coefficient (Wildman–Crippen LogP) is 3.16. The molecule has 2 aliphatic rings. The molecule has 0 amide bonds. The summed E-state index contributed by atoms with van der Waals surface area (Å²) < 4.78 is 14.2. The zero-order valence-corrected chi connectivity index (χ0v) is 12.8. The topological polar surface area (TPSA) is 15.3 Å². The van der Waals surface area contributed by atoms with Gasteiger partial charge in [0.15, 0.2) is 0 Å². The van der Waals surface area contributed by atoms with E-state index < -0.39 is 0 Å². The number of piperazine rings is 1. The number of rotatable bonds is 3. The first-order valence-corrected chi connectivity index (χ1v) is 7.85.